The number of hydrogen-bond donors (Lipinski definition) is 2. The summed E-state index contributed by atoms with van der Waals surface area (Å²) in [6.45, 7) is 0. The zero-order valence-electron chi connectivity index (χ0n) is 9.84. The van der Waals surface area contributed by atoms with E-state index in [1.807, 2.05) is 0 Å². The van der Waals surface area contributed by atoms with Gasteiger partial charge < -0.3 is 5.11 Å². The van der Waals surface area contributed by atoms with E-state index in [2.05, 4.69) is 22.7 Å². The minimum Gasteiger partial charge on any atom is -0.507 e. The fourth-order valence-corrected chi connectivity index (χ4v) is 2.51. The number of para-hydroxylation sites is 1. The predicted molar refractivity (Wildman–Crippen MR) is 68.4 cm³/mol. The molecule has 1 aromatic carbocycles. The summed E-state index contributed by atoms with van der Waals surface area (Å²) in [6.07, 6.45) is 6.34. The quantitative estimate of drug-likeness (QED) is 0.616. The topological polar surface area (TPSA) is 61.7 Å². The molecule has 1 fully saturated rings. The van der Waals surface area contributed by atoms with E-state index in [9.17, 15) is 9.90 Å². The molecule has 0 bridgehead atoms. The van der Waals surface area contributed by atoms with Gasteiger partial charge in [0, 0.05) is 11.6 Å². The molecule has 2 atom stereocenters. The fraction of sp³-hybridized carbons (Fsp3) is 0.286. The molecule has 2 aliphatic carbocycles. The lowest BCUT2D eigenvalue weighted by Crippen LogP contribution is -2.35. The number of hydrogen-bond acceptors (Lipinski definition) is 3. The highest BCUT2D eigenvalue weighted by Gasteiger charge is 2.38. The van der Waals surface area contributed by atoms with Gasteiger partial charge in [0.05, 0.1) is 5.56 Å². The monoisotopic (exact) mass is 242 g/mol. The molecule has 2 aliphatic rings. The molecule has 0 unspecified atom stereocenters. The van der Waals surface area contributed by atoms with Crippen LogP contribution in [0.25, 0.3) is 0 Å². The van der Waals surface area contributed by atoms with Crippen LogP contribution in [0.1, 0.15) is 23.2 Å². The minimum absolute atomic E-state index is 0.0239. The van der Waals surface area contributed by atoms with Crippen LogP contribution < -0.4 is 5.43 Å². The van der Waals surface area contributed by atoms with Gasteiger partial charge in [0.25, 0.3) is 5.91 Å². The first kappa shape index (κ1) is 11.0. The highest BCUT2D eigenvalue weighted by Crippen LogP contribution is 2.40. The van der Waals surface area contributed by atoms with Crippen molar-refractivity contribution in [2.75, 3.05) is 0 Å². The van der Waals surface area contributed by atoms with Crippen LogP contribution in [0.3, 0.4) is 0 Å². The summed E-state index contributed by atoms with van der Waals surface area (Å²) in [5.74, 6) is 0.708. The molecule has 0 spiro atoms. The van der Waals surface area contributed by atoms with Gasteiger partial charge in [0.15, 0.2) is 0 Å². The van der Waals surface area contributed by atoms with Crippen molar-refractivity contribution in [2.45, 2.75) is 12.8 Å². The van der Waals surface area contributed by atoms with Crippen molar-refractivity contribution in [3.8, 4) is 5.75 Å². The Morgan fingerprint density at radius 3 is 3.00 bits per heavy atom. The molecule has 4 heteroatoms. The van der Waals surface area contributed by atoms with Crippen molar-refractivity contribution in [1.29, 1.82) is 0 Å². The second-order valence-electron chi connectivity index (χ2n) is 4.70. The van der Waals surface area contributed by atoms with Crippen LogP contribution in [0.4, 0.5) is 0 Å². The van der Waals surface area contributed by atoms with E-state index in [0.717, 1.165) is 18.6 Å². The van der Waals surface area contributed by atoms with Crippen molar-refractivity contribution >= 4 is 11.6 Å². The predicted octanol–water partition coefficient (Wildman–Crippen LogP) is 2.07. The second-order valence-corrected chi connectivity index (χ2v) is 4.70. The number of amides is 1. The lowest BCUT2D eigenvalue weighted by molar-refractivity contribution is 0.0951. The van der Waals surface area contributed by atoms with Crippen molar-refractivity contribution in [1.82, 2.24) is 5.43 Å². The van der Waals surface area contributed by atoms with E-state index >= 15 is 0 Å². The lowest BCUT2D eigenvalue weighted by atomic mass is 9.74. The normalized spacial score (nSPS) is 26.8. The molecule has 1 saturated carbocycles. The van der Waals surface area contributed by atoms with Gasteiger partial charge in [-0.15, -0.1) is 0 Å². The number of fused-ring (bicyclic) bond motifs is 1. The summed E-state index contributed by atoms with van der Waals surface area (Å²) in [7, 11) is 0. The van der Waals surface area contributed by atoms with Crippen molar-refractivity contribution in [3.05, 3.63) is 42.0 Å². The third kappa shape index (κ3) is 1.79. The van der Waals surface area contributed by atoms with Crippen molar-refractivity contribution < 1.29 is 9.90 Å². The zero-order chi connectivity index (χ0) is 12.5. The number of allylic oxidation sites excluding steroid dienone is 2. The van der Waals surface area contributed by atoms with Crippen LogP contribution in [0.5, 0.6) is 5.75 Å². The summed E-state index contributed by atoms with van der Waals surface area (Å²) in [5, 5.41) is 13.7. The summed E-state index contributed by atoms with van der Waals surface area (Å²) in [5.41, 5.74) is 3.82. The Morgan fingerprint density at radius 2 is 2.22 bits per heavy atom. The maximum Gasteiger partial charge on any atom is 0.275 e. The maximum absolute atomic E-state index is 11.8. The highest BCUT2D eigenvalue weighted by atomic mass is 16.3. The number of phenolic OH excluding ortho intramolecular Hbond substituents is 1. The van der Waals surface area contributed by atoms with Crippen LogP contribution >= 0.6 is 0 Å². The molecule has 0 aromatic heterocycles. The summed E-state index contributed by atoms with van der Waals surface area (Å²) >= 11 is 0. The third-order valence-corrected chi connectivity index (χ3v) is 3.61. The van der Waals surface area contributed by atoms with E-state index in [-0.39, 0.29) is 17.2 Å². The van der Waals surface area contributed by atoms with Gasteiger partial charge in [-0.05, 0) is 30.9 Å². The molecule has 0 aliphatic heterocycles. The van der Waals surface area contributed by atoms with Crippen LogP contribution in [-0.4, -0.2) is 16.7 Å². The SMILES string of the molecule is O=C(N/N=C1/C[C@@H]2C=CC[C@@H]12)c1ccccc1O. The Kier molecular flexibility index (Phi) is 2.63. The largest absolute Gasteiger partial charge is 0.507 e. The molecule has 0 heterocycles. The van der Waals surface area contributed by atoms with Gasteiger partial charge in [-0.2, -0.15) is 5.10 Å². The smallest absolute Gasteiger partial charge is 0.275 e. The Balaban J connectivity index is 1.66. The summed E-state index contributed by atoms with van der Waals surface area (Å²) < 4.78 is 0. The number of carbonyl (C=O) groups is 1. The van der Waals surface area contributed by atoms with Gasteiger partial charge in [-0.1, -0.05) is 24.3 Å². The molecule has 0 radical (unpaired) electrons. The number of nitrogens with zero attached hydrogens (tertiary/aromatic N) is 1. The van der Waals surface area contributed by atoms with Crippen molar-refractivity contribution in [3.63, 3.8) is 0 Å². The molecule has 2 N–H and O–H groups in total. The molecular weight excluding hydrogens is 228 g/mol. The zero-order valence-corrected chi connectivity index (χ0v) is 9.84. The molecule has 0 saturated heterocycles. The maximum atomic E-state index is 11.8. The van der Waals surface area contributed by atoms with Crippen LogP contribution in [0.2, 0.25) is 0 Å². The number of phenols is 1. The fourth-order valence-electron chi connectivity index (χ4n) is 2.51. The van der Waals surface area contributed by atoms with Gasteiger partial charge in [0.2, 0.25) is 0 Å². The summed E-state index contributed by atoms with van der Waals surface area (Å²) in [4.78, 5) is 11.8. The first-order valence-corrected chi connectivity index (χ1v) is 6.07. The average Bonchev–Trinajstić information content (AvgIpc) is 2.71. The summed E-state index contributed by atoms with van der Waals surface area (Å²) in [6, 6.07) is 6.45. The van der Waals surface area contributed by atoms with Gasteiger partial charge >= 0.3 is 0 Å². The van der Waals surface area contributed by atoms with E-state index in [1.54, 1.807) is 18.2 Å². The second kappa shape index (κ2) is 4.29. The van der Waals surface area contributed by atoms with E-state index in [4.69, 9.17) is 0 Å². The first-order chi connectivity index (χ1) is 8.75. The third-order valence-electron chi connectivity index (χ3n) is 3.61. The molecule has 1 aromatic rings. The average molecular weight is 242 g/mol. The van der Waals surface area contributed by atoms with E-state index in [0.29, 0.717) is 11.8 Å². The Hall–Kier alpha value is -2.10. The molecule has 18 heavy (non-hydrogen) atoms. The standard InChI is InChI=1S/C14H14N2O2/c17-13-7-2-1-5-11(13)14(18)16-15-12-8-9-4-3-6-10(9)12/h1-5,7,9-10,17H,6,8H2,(H,16,18)/b15-12-/t9-,10+/m0/s1. The molecule has 3 rings (SSSR count). The van der Waals surface area contributed by atoms with E-state index in [1.165, 1.54) is 6.07 Å². The number of carbonyl (C=O) groups excluding carboxylic acids is 1. The number of aromatic hydroxyl groups is 1. The minimum atomic E-state index is -0.366. The van der Waals surface area contributed by atoms with Gasteiger partial charge in [-0.25, -0.2) is 5.43 Å². The van der Waals surface area contributed by atoms with Crippen LogP contribution in [0, 0.1) is 11.8 Å². The first-order valence-electron chi connectivity index (χ1n) is 6.07. The van der Waals surface area contributed by atoms with Gasteiger partial charge in [0.1, 0.15) is 5.75 Å². The van der Waals surface area contributed by atoms with Gasteiger partial charge in [-0.3, -0.25) is 4.79 Å². The van der Waals surface area contributed by atoms with Crippen LogP contribution in [0.15, 0.2) is 41.5 Å². The number of hydrazone groups is 1. The van der Waals surface area contributed by atoms with Crippen LogP contribution in [-0.2, 0) is 0 Å². The lowest BCUT2D eigenvalue weighted by Gasteiger charge is -2.31. The number of benzene rings is 1. The Bertz CT molecular complexity index is 548. The molecule has 1 amide bonds. The number of nitrogens with one attached hydrogen (secondary N) is 1. The highest BCUT2D eigenvalue weighted by molar-refractivity contribution is 5.99. The number of rotatable bonds is 2. The Morgan fingerprint density at radius 1 is 1.39 bits per heavy atom. The molecule has 4 nitrogen and oxygen atoms in total. The van der Waals surface area contributed by atoms with Crippen molar-refractivity contribution in [2.24, 2.45) is 16.9 Å². The molecular formula is C14H14N2O2. The Labute approximate surface area is 105 Å². The van der Waals surface area contributed by atoms with E-state index < -0.39 is 0 Å². The molecule has 92 valence electrons.